The molecular weight excluding hydrogens is 398 g/mol. The van der Waals surface area contributed by atoms with Gasteiger partial charge in [-0.25, -0.2) is 4.99 Å². The van der Waals surface area contributed by atoms with E-state index in [4.69, 9.17) is 5.73 Å². The highest BCUT2D eigenvalue weighted by Gasteiger charge is 2.36. The van der Waals surface area contributed by atoms with Gasteiger partial charge in [0.05, 0.1) is 16.8 Å². The van der Waals surface area contributed by atoms with Gasteiger partial charge in [-0.2, -0.15) is 0 Å². The number of aryl methyl sites for hydroxylation is 1. The molecule has 154 valence electrons. The fourth-order valence-corrected chi connectivity index (χ4v) is 4.96. The average Bonchev–Trinajstić information content (AvgIpc) is 3.02. The minimum absolute atomic E-state index is 0.0259. The van der Waals surface area contributed by atoms with Crippen molar-refractivity contribution in [1.29, 1.82) is 0 Å². The molecule has 0 spiro atoms. The largest absolute Gasteiger partial charge is 0.508 e. The summed E-state index contributed by atoms with van der Waals surface area (Å²) in [6, 6.07) is 12.8. The number of fused-ring (bicyclic) bond motifs is 1. The van der Waals surface area contributed by atoms with Gasteiger partial charge in [-0.15, -0.1) is 11.3 Å². The summed E-state index contributed by atoms with van der Waals surface area (Å²) >= 11 is 1.44. The van der Waals surface area contributed by atoms with E-state index in [1.807, 2.05) is 44.2 Å². The van der Waals surface area contributed by atoms with Crippen LogP contribution in [0.25, 0.3) is 10.1 Å². The SMILES string of the molecule is Cc1c(C(=O)Cc2cccc(C3(C)CC(=O)N(C)C(N)=N3)c2)sc2ccc(O)cc12. The molecule has 30 heavy (non-hydrogen) atoms. The zero-order valence-electron chi connectivity index (χ0n) is 17.1. The molecule has 1 atom stereocenters. The second-order valence-corrected chi connectivity index (χ2v) is 8.96. The molecule has 3 aromatic rings. The molecule has 1 aromatic heterocycles. The molecule has 1 aliphatic heterocycles. The number of phenolic OH excluding ortho intramolecular Hbond substituents is 1. The van der Waals surface area contributed by atoms with Crippen molar-refractivity contribution in [2.24, 2.45) is 10.7 Å². The monoisotopic (exact) mass is 421 g/mol. The number of carbonyl (C=O) groups excluding carboxylic acids is 2. The Labute approximate surface area is 178 Å². The Bertz CT molecular complexity index is 1210. The number of rotatable bonds is 4. The Morgan fingerprint density at radius 2 is 2.07 bits per heavy atom. The lowest BCUT2D eigenvalue weighted by atomic mass is 9.86. The van der Waals surface area contributed by atoms with E-state index >= 15 is 0 Å². The second kappa shape index (κ2) is 7.25. The number of benzene rings is 2. The summed E-state index contributed by atoms with van der Waals surface area (Å²) < 4.78 is 0.976. The second-order valence-electron chi connectivity index (χ2n) is 7.91. The van der Waals surface area contributed by atoms with Crippen LogP contribution in [0, 0.1) is 6.92 Å². The zero-order chi connectivity index (χ0) is 21.6. The fourth-order valence-electron chi connectivity index (χ4n) is 3.83. The molecule has 0 radical (unpaired) electrons. The summed E-state index contributed by atoms with van der Waals surface area (Å²) in [5.74, 6) is 0.323. The molecule has 4 rings (SSSR count). The van der Waals surface area contributed by atoms with Gasteiger partial charge in [-0.1, -0.05) is 24.3 Å². The highest BCUT2D eigenvalue weighted by molar-refractivity contribution is 7.21. The molecule has 1 aliphatic rings. The smallest absolute Gasteiger partial charge is 0.231 e. The lowest BCUT2D eigenvalue weighted by molar-refractivity contribution is -0.128. The van der Waals surface area contributed by atoms with Crippen LogP contribution in [0.15, 0.2) is 47.5 Å². The maximum atomic E-state index is 13.0. The van der Waals surface area contributed by atoms with Gasteiger partial charge in [-0.3, -0.25) is 14.5 Å². The van der Waals surface area contributed by atoms with Crippen LogP contribution in [0.5, 0.6) is 5.75 Å². The lowest BCUT2D eigenvalue weighted by Gasteiger charge is -2.33. The average molecular weight is 422 g/mol. The van der Waals surface area contributed by atoms with Crippen LogP contribution < -0.4 is 5.73 Å². The molecule has 0 bridgehead atoms. The van der Waals surface area contributed by atoms with E-state index < -0.39 is 5.54 Å². The molecule has 2 aromatic carbocycles. The maximum Gasteiger partial charge on any atom is 0.231 e. The van der Waals surface area contributed by atoms with Gasteiger partial charge >= 0.3 is 0 Å². The van der Waals surface area contributed by atoms with Crippen LogP contribution in [0.4, 0.5) is 0 Å². The van der Waals surface area contributed by atoms with Gasteiger partial charge in [0, 0.05) is 18.2 Å². The van der Waals surface area contributed by atoms with E-state index in [1.165, 1.54) is 16.2 Å². The van der Waals surface area contributed by atoms with Gasteiger partial charge in [0.2, 0.25) is 5.91 Å². The summed E-state index contributed by atoms with van der Waals surface area (Å²) in [5.41, 5.74) is 7.78. The third-order valence-electron chi connectivity index (χ3n) is 5.66. The van der Waals surface area contributed by atoms with Crippen molar-refractivity contribution in [1.82, 2.24) is 4.90 Å². The van der Waals surface area contributed by atoms with E-state index in [0.717, 1.165) is 26.8 Å². The molecule has 0 fully saturated rings. The molecule has 7 heteroatoms. The summed E-state index contributed by atoms with van der Waals surface area (Å²) in [5, 5.41) is 10.6. The third-order valence-corrected chi connectivity index (χ3v) is 6.97. The van der Waals surface area contributed by atoms with Crippen LogP contribution in [0.3, 0.4) is 0 Å². The molecule has 6 nitrogen and oxygen atoms in total. The Hall–Kier alpha value is -3.19. The maximum absolute atomic E-state index is 13.0. The topological polar surface area (TPSA) is 96.0 Å². The van der Waals surface area contributed by atoms with Crippen LogP contribution in [0.2, 0.25) is 0 Å². The van der Waals surface area contributed by atoms with Crippen molar-refractivity contribution in [3.8, 4) is 5.75 Å². The number of amides is 1. The molecule has 1 unspecified atom stereocenters. The van der Waals surface area contributed by atoms with Gasteiger partial charge in [-0.05, 0) is 54.1 Å². The number of aromatic hydroxyl groups is 1. The molecule has 0 saturated heterocycles. The molecular formula is C23H23N3O3S. The first kappa shape index (κ1) is 20.1. The van der Waals surface area contributed by atoms with E-state index in [9.17, 15) is 14.7 Å². The van der Waals surface area contributed by atoms with Crippen molar-refractivity contribution in [3.63, 3.8) is 0 Å². The summed E-state index contributed by atoms with van der Waals surface area (Å²) in [7, 11) is 1.61. The first-order valence-electron chi connectivity index (χ1n) is 9.64. The molecule has 0 saturated carbocycles. The number of nitrogens with zero attached hydrogens (tertiary/aromatic N) is 2. The first-order chi connectivity index (χ1) is 14.2. The van der Waals surface area contributed by atoms with E-state index in [1.54, 1.807) is 19.2 Å². The van der Waals surface area contributed by atoms with Gasteiger partial charge in [0.25, 0.3) is 0 Å². The van der Waals surface area contributed by atoms with E-state index in [-0.39, 0.29) is 36.2 Å². The highest BCUT2D eigenvalue weighted by atomic mass is 32.1. The summed E-state index contributed by atoms with van der Waals surface area (Å²) in [4.78, 5) is 31.9. The van der Waals surface area contributed by atoms with Crippen LogP contribution in [-0.4, -0.2) is 34.7 Å². The molecule has 2 heterocycles. The predicted molar refractivity (Wildman–Crippen MR) is 119 cm³/mol. The zero-order valence-corrected chi connectivity index (χ0v) is 17.9. The number of phenols is 1. The Kier molecular flexibility index (Phi) is 4.86. The minimum Gasteiger partial charge on any atom is -0.508 e. The standard InChI is InChI=1S/C23H23N3O3S/c1-13-17-11-16(27)7-8-19(17)30-21(13)18(28)10-14-5-4-6-15(9-14)23(2)12-20(29)26(3)22(24)25-23/h4-9,11,27H,10,12H2,1-3H3,(H2,24,25). The van der Waals surface area contributed by atoms with Crippen molar-refractivity contribution in [2.45, 2.75) is 32.2 Å². The number of hydrogen-bond donors (Lipinski definition) is 2. The normalized spacial score (nSPS) is 19.2. The number of ketones is 1. The van der Waals surface area contributed by atoms with Crippen LogP contribution in [0.1, 0.15) is 39.7 Å². The Morgan fingerprint density at radius 3 is 2.80 bits per heavy atom. The van der Waals surface area contributed by atoms with Crippen LogP contribution >= 0.6 is 11.3 Å². The van der Waals surface area contributed by atoms with Crippen molar-refractivity contribution in [2.75, 3.05) is 7.05 Å². The van der Waals surface area contributed by atoms with Gasteiger partial charge in [0.15, 0.2) is 11.7 Å². The van der Waals surface area contributed by atoms with Crippen molar-refractivity contribution < 1.29 is 14.7 Å². The molecule has 3 N–H and O–H groups in total. The summed E-state index contributed by atoms with van der Waals surface area (Å²) in [6.07, 6.45) is 0.469. The third kappa shape index (κ3) is 3.45. The quantitative estimate of drug-likeness (QED) is 0.628. The van der Waals surface area contributed by atoms with Gasteiger partial charge in [0.1, 0.15) is 5.75 Å². The van der Waals surface area contributed by atoms with Gasteiger partial charge < -0.3 is 10.8 Å². The van der Waals surface area contributed by atoms with Crippen molar-refractivity contribution in [3.05, 3.63) is 64.0 Å². The molecule has 0 aliphatic carbocycles. The van der Waals surface area contributed by atoms with Crippen molar-refractivity contribution >= 4 is 39.1 Å². The molecule has 1 amide bonds. The lowest BCUT2D eigenvalue weighted by Crippen LogP contribution is -2.47. The fraction of sp³-hybridized carbons (Fsp3) is 0.261. The first-order valence-corrected chi connectivity index (χ1v) is 10.5. The number of hydrogen-bond acceptors (Lipinski definition) is 6. The van der Waals surface area contributed by atoms with Crippen LogP contribution in [-0.2, 0) is 16.8 Å². The predicted octanol–water partition coefficient (Wildman–Crippen LogP) is 3.73. The number of Topliss-reactive ketones (excluding diaryl/α,β-unsaturated/α-hetero) is 1. The summed E-state index contributed by atoms with van der Waals surface area (Å²) in [6.45, 7) is 3.79. The Morgan fingerprint density at radius 1 is 1.30 bits per heavy atom. The number of nitrogens with two attached hydrogens (primary N) is 1. The number of aliphatic imine (C=N–C) groups is 1. The highest BCUT2D eigenvalue weighted by Crippen LogP contribution is 2.35. The minimum atomic E-state index is -0.752. The Balaban J connectivity index is 1.63. The number of guanidine groups is 1. The van der Waals surface area contributed by atoms with E-state index in [2.05, 4.69) is 4.99 Å². The van der Waals surface area contributed by atoms with E-state index in [0.29, 0.717) is 4.88 Å². The number of thiophene rings is 1. The number of carbonyl (C=O) groups is 2.